The fraction of sp³-hybridized carbons (Fsp3) is 0.684. The first kappa shape index (κ1) is 16.9. The van der Waals surface area contributed by atoms with Gasteiger partial charge in [0.25, 0.3) is 0 Å². The van der Waals surface area contributed by atoms with Crippen molar-refractivity contribution in [2.75, 3.05) is 5.75 Å². The summed E-state index contributed by atoms with van der Waals surface area (Å²) in [6.45, 7) is 11.4. The Bertz CT molecular complexity index is 432. The third-order valence-electron chi connectivity index (χ3n) is 4.55. The molecule has 0 bridgehead atoms. The van der Waals surface area contributed by atoms with Crippen LogP contribution in [0.15, 0.2) is 24.3 Å². The fourth-order valence-electron chi connectivity index (χ4n) is 3.20. The molecule has 118 valence electrons. The summed E-state index contributed by atoms with van der Waals surface area (Å²) in [5, 5.41) is 4.71. The Morgan fingerprint density at radius 1 is 1.19 bits per heavy atom. The second-order valence-corrected chi connectivity index (χ2v) is 8.93. The van der Waals surface area contributed by atoms with Crippen molar-refractivity contribution in [1.82, 2.24) is 5.32 Å². The minimum absolute atomic E-state index is 0.241. The van der Waals surface area contributed by atoms with Gasteiger partial charge in [-0.2, -0.15) is 11.8 Å². The Labute approximate surface area is 135 Å². The highest BCUT2D eigenvalue weighted by atomic mass is 32.2. The molecule has 3 unspecified atom stereocenters. The zero-order valence-corrected chi connectivity index (χ0v) is 15.1. The van der Waals surface area contributed by atoms with E-state index in [0.717, 1.165) is 5.25 Å². The van der Waals surface area contributed by atoms with E-state index in [2.05, 4.69) is 76.0 Å². The minimum atomic E-state index is 0.241. The van der Waals surface area contributed by atoms with E-state index in [1.165, 1.54) is 36.1 Å². The minimum Gasteiger partial charge on any atom is -0.307 e. The largest absolute Gasteiger partial charge is 0.307 e. The van der Waals surface area contributed by atoms with Crippen LogP contribution in [0.3, 0.4) is 0 Å². The van der Waals surface area contributed by atoms with Crippen molar-refractivity contribution in [3.63, 3.8) is 0 Å². The first-order valence-electron chi connectivity index (χ1n) is 8.38. The predicted octanol–water partition coefficient (Wildman–Crippen LogP) is 5.31. The number of nitrogens with one attached hydrogen (secondary N) is 1. The van der Waals surface area contributed by atoms with Crippen LogP contribution in [-0.2, 0) is 5.41 Å². The zero-order valence-electron chi connectivity index (χ0n) is 14.3. The Hall–Kier alpha value is -0.470. The van der Waals surface area contributed by atoms with E-state index in [9.17, 15) is 0 Å². The normalized spacial score (nSPS) is 24.2. The van der Waals surface area contributed by atoms with E-state index in [4.69, 9.17) is 0 Å². The van der Waals surface area contributed by atoms with Crippen LogP contribution in [-0.4, -0.2) is 17.0 Å². The van der Waals surface area contributed by atoms with Crippen molar-refractivity contribution in [3.8, 4) is 0 Å². The van der Waals surface area contributed by atoms with Gasteiger partial charge in [0.2, 0.25) is 0 Å². The number of hydrogen-bond donors (Lipinski definition) is 1. The SMILES string of the molecule is CCSC1CCC(NC(C)c2ccc(C(C)(C)C)cc2)C1. The number of rotatable bonds is 5. The van der Waals surface area contributed by atoms with Gasteiger partial charge in [-0.3, -0.25) is 0 Å². The van der Waals surface area contributed by atoms with Gasteiger partial charge in [0, 0.05) is 17.3 Å². The summed E-state index contributed by atoms with van der Waals surface area (Å²) in [6.07, 6.45) is 4.05. The third kappa shape index (κ3) is 4.75. The molecular formula is C19H31NS. The summed E-state index contributed by atoms with van der Waals surface area (Å²) in [6, 6.07) is 10.3. The topological polar surface area (TPSA) is 12.0 Å². The maximum atomic E-state index is 3.83. The molecule has 1 nitrogen and oxygen atoms in total. The molecule has 1 aliphatic carbocycles. The van der Waals surface area contributed by atoms with Gasteiger partial charge in [-0.25, -0.2) is 0 Å². The van der Waals surface area contributed by atoms with Gasteiger partial charge in [0.05, 0.1) is 0 Å². The summed E-state index contributed by atoms with van der Waals surface area (Å²) in [5.41, 5.74) is 3.07. The average Bonchev–Trinajstić information content (AvgIpc) is 2.86. The van der Waals surface area contributed by atoms with Gasteiger partial charge in [0.15, 0.2) is 0 Å². The molecule has 1 aromatic rings. The molecule has 3 atom stereocenters. The maximum absolute atomic E-state index is 3.83. The van der Waals surface area contributed by atoms with Crippen molar-refractivity contribution in [1.29, 1.82) is 0 Å². The highest BCUT2D eigenvalue weighted by Crippen LogP contribution is 2.31. The fourth-order valence-corrected chi connectivity index (χ4v) is 4.34. The van der Waals surface area contributed by atoms with Crippen LogP contribution in [0.2, 0.25) is 0 Å². The highest BCUT2D eigenvalue weighted by Gasteiger charge is 2.25. The van der Waals surface area contributed by atoms with Gasteiger partial charge < -0.3 is 5.32 Å². The molecule has 0 saturated heterocycles. The lowest BCUT2D eigenvalue weighted by atomic mass is 9.86. The van der Waals surface area contributed by atoms with Crippen LogP contribution in [0.5, 0.6) is 0 Å². The summed E-state index contributed by atoms with van der Waals surface area (Å²) in [4.78, 5) is 0. The van der Waals surface area contributed by atoms with Gasteiger partial charge in [0.1, 0.15) is 0 Å². The molecule has 1 aliphatic rings. The van der Waals surface area contributed by atoms with Crippen LogP contribution in [0.1, 0.15) is 71.0 Å². The Morgan fingerprint density at radius 2 is 1.86 bits per heavy atom. The van der Waals surface area contributed by atoms with E-state index in [1.54, 1.807) is 0 Å². The summed E-state index contributed by atoms with van der Waals surface area (Å²) in [5.74, 6) is 1.25. The third-order valence-corrected chi connectivity index (χ3v) is 5.78. The standard InChI is InChI=1S/C19H31NS/c1-6-21-18-12-11-17(13-18)20-14(2)15-7-9-16(10-8-15)19(3,4)5/h7-10,14,17-18,20H,6,11-13H2,1-5H3. The van der Waals surface area contributed by atoms with Crippen molar-refractivity contribution >= 4 is 11.8 Å². The number of benzene rings is 1. The number of hydrogen-bond acceptors (Lipinski definition) is 2. The second kappa shape index (κ2) is 7.19. The molecule has 1 aromatic carbocycles. The Balaban J connectivity index is 1.90. The van der Waals surface area contributed by atoms with E-state index in [-0.39, 0.29) is 5.41 Å². The molecule has 0 spiro atoms. The first-order chi connectivity index (χ1) is 9.90. The van der Waals surface area contributed by atoms with Crippen LogP contribution < -0.4 is 5.32 Å². The molecule has 0 aliphatic heterocycles. The van der Waals surface area contributed by atoms with Gasteiger partial charge in [-0.15, -0.1) is 0 Å². The maximum Gasteiger partial charge on any atom is 0.0294 e. The molecule has 1 fully saturated rings. The molecule has 1 saturated carbocycles. The van der Waals surface area contributed by atoms with Crippen LogP contribution in [0.25, 0.3) is 0 Å². The van der Waals surface area contributed by atoms with Crippen molar-refractivity contribution < 1.29 is 0 Å². The van der Waals surface area contributed by atoms with Gasteiger partial charge in [-0.05, 0) is 48.5 Å². The number of thioether (sulfide) groups is 1. The summed E-state index contributed by atoms with van der Waals surface area (Å²) in [7, 11) is 0. The van der Waals surface area contributed by atoms with Crippen LogP contribution in [0, 0.1) is 0 Å². The lowest BCUT2D eigenvalue weighted by Gasteiger charge is -2.22. The predicted molar refractivity (Wildman–Crippen MR) is 96.3 cm³/mol. The van der Waals surface area contributed by atoms with Gasteiger partial charge >= 0.3 is 0 Å². The van der Waals surface area contributed by atoms with Crippen molar-refractivity contribution in [2.24, 2.45) is 0 Å². The van der Waals surface area contributed by atoms with Crippen molar-refractivity contribution in [3.05, 3.63) is 35.4 Å². The summed E-state index contributed by atoms with van der Waals surface area (Å²) < 4.78 is 0. The molecule has 0 amide bonds. The first-order valence-corrected chi connectivity index (χ1v) is 9.43. The van der Waals surface area contributed by atoms with Crippen LogP contribution >= 0.6 is 11.8 Å². The van der Waals surface area contributed by atoms with E-state index in [1.807, 2.05) is 0 Å². The molecule has 0 radical (unpaired) electrons. The summed E-state index contributed by atoms with van der Waals surface area (Å²) >= 11 is 2.13. The Morgan fingerprint density at radius 3 is 2.43 bits per heavy atom. The zero-order chi connectivity index (χ0) is 15.5. The van der Waals surface area contributed by atoms with E-state index >= 15 is 0 Å². The lowest BCUT2D eigenvalue weighted by molar-refractivity contribution is 0.461. The molecule has 2 rings (SSSR count). The lowest BCUT2D eigenvalue weighted by Crippen LogP contribution is -2.29. The van der Waals surface area contributed by atoms with E-state index in [0.29, 0.717) is 12.1 Å². The molecular weight excluding hydrogens is 274 g/mol. The van der Waals surface area contributed by atoms with E-state index < -0.39 is 0 Å². The second-order valence-electron chi connectivity index (χ2n) is 7.35. The molecule has 0 aromatic heterocycles. The Kier molecular flexibility index (Phi) is 5.79. The quantitative estimate of drug-likeness (QED) is 0.791. The molecule has 21 heavy (non-hydrogen) atoms. The van der Waals surface area contributed by atoms with Crippen molar-refractivity contribution in [2.45, 2.75) is 76.6 Å². The molecule has 0 heterocycles. The van der Waals surface area contributed by atoms with Crippen LogP contribution in [0.4, 0.5) is 0 Å². The molecule has 2 heteroatoms. The van der Waals surface area contributed by atoms with Gasteiger partial charge in [-0.1, -0.05) is 52.0 Å². The molecule has 1 N–H and O–H groups in total. The highest BCUT2D eigenvalue weighted by molar-refractivity contribution is 7.99. The smallest absolute Gasteiger partial charge is 0.0294 e. The average molecular weight is 306 g/mol. The monoisotopic (exact) mass is 305 g/mol.